The van der Waals surface area contributed by atoms with Gasteiger partial charge in [-0.15, -0.1) is 0 Å². The van der Waals surface area contributed by atoms with Gasteiger partial charge >= 0.3 is 0 Å². The van der Waals surface area contributed by atoms with Crippen molar-refractivity contribution in [2.75, 3.05) is 46.3 Å². The predicted molar refractivity (Wildman–Crippen MR) is 114 cm³/mol. The monoisotopic (exact) mass is 451 g/mol. The molecule has 1 amide bonds. The maximum atomic E-state index is 13.5. The van der Waals surface area contributed by atoms with Crippen LogP contribution < -0.4 is 0 Å². The summed E-state index contributed by atoms with van der Waals surface area (Å²) in [5, 5.41) is 0.458. The minimum Gasteiger partial charge on any atom is -0.304 e. The van der Waals surface area contributed by atoms with E-state index >= 15 is 0 Å². The van der Waals surface area contributed by atoms with Gasteiger partial charge in [-0.05, 0) is 37.4 Å². The highest BCUT2D eigenvalue weighted by molar-refractivity contribution is 8.00. The number of hydrogen-bond donors (Lipinski definition) is 0. The van der Waals surface area contributed by atoms with E-state index in [1.807, 2.05) is 12.1 Å². The number of rotatable bonds is 3. The van der Waals surface area contributed by atoms with Gasteiger partial charge < -0.3 is 4.90 Å². The van der Waals surface area contributed by atoms with E-state index in [1.54, 1.807) is 24.3 Å². The number of hydrogen-bond acceptors (Lipinski definition) is 6. The standard InChI is InChI=1S/C20H22ClN3O3S2/c1-22-8-10-23(11-9-22)12-13-24-20(25)16-4-2-3-5-17(16)28-18-14-15(21)6-7-19(18)29(24,26)27/h2-7,14H,8-13H2,1H3. The Kier molecular flexibility index (Phi) is 5.90. The molecule has 0 bridgehead atoms. The number of piperazine rings is 1. The third kappa shape index (κ3) is 4.18. The molecule has 1 fully saturated rings. The lowest BCUT2D eigenvalue weighted by molar-refractivity contribution is 0.0832. The molecule has 0 N–H and O–H groups in total. The highest BCUT2D eigenvalue weighted by Gasteiger charge is 2.35. The van der Waals surface area contributed by atoms with Crippen LogP contribution >= 0.6 is 23.4 Å². The molecular weight excluding hydrogens is 430 g/mol. The predicted octanol–water partition coefficient (Wildman–Crippen LogP) is 2.88. The van der Waals surface area contributed by atoms with Crippen molar-refractivity contribution in [2.45, 2.75) is 14.7 Å². The Balaban J connectivity index is 1.72. The molecule has 2 aromatic carbocycles. The van der Waals surface area contributed by atoms with E-state index in [0.29, 0.717) is 22.0 Å². The fourth-order valence-corrected chi connectivity index (χ4v) is 6.62. The number of halogens is 1. The first-order valence-corrected chi connectivity index (χ1v) is 12.0. The van der Waals surface area contributed by atoms with Crippen LogP contribution in [0.2, 0.25) is 5.02 Å². The van der Waals surface area contributed by atoms with E-state index in [9.17, 15) is 13.2 Å². The molecular formula is C20H22ClN3O3S2. The number of amides is 1. The number of likely N-dealkylation sites (N-methyl/N-ethyl adjacent to an activating group) is 1. The van der Waals surface area contributed by atoms with Crippen molar-refractivity contribution in [3.63, 3.8) is 0 Å². The van der Waals surface area contributed by atoms with Crippen LogP contribution in [0.25, 0.3) is 0 Å². The Labute approximate surface area is 180 Å². The molecule has 0 radical (unpaired) electrons. The molecule has 4 rings (SSSR count). The zero-order valence-corrected chi connectivity index (χ0v) is 18.4. The number of fused-ring (bicyclic) bond motifs is 2. The first kappa shape index (κ1) is 20.7. The van der Waals surface area contributed by atoms with E-state index in [0.717, 1.165) is 35.4 Å². The van der Waals surface area contributed by atoms with Crippen LogP contribution in [0.15, 0.2) is 57.2 Å². The Hall–Kier alpha value is -1.58. The van der Waals surface area contributed by atoms with Crippen molar-refractivity contribution >= 4 is 39.3 Å². The molecule has 0 spiro atoms. The van der Waals surface area contributed by atoms with Crippen LogP contribution in [0.1, 0.15) is 10.4 Å². The zero-order chi connectivity index (χ0) is 20.6. The summed E-state index contributed by atoms with van der Waals surface area (Å²) >= 11 is 7.39. The second-order valence-electron chi connectivity index (χ2n) is 7.22. The van der Waals surface area contributed by atoms with Gasteiger partial charge in [0.2, 0.25) is 0 Å². The highest BCUT2D eigenvalue weighted by Crippen LogP contribution is 2.40. The summed E-state index contributed by atoms with van der Waals surface area (Å²) in [4.78, 5) is 19.1. The van der Waals surface area contributed by atoms with Crippen molar-refractivity contribution in [3.8, 4) is 0 Å². The van der Waals surface area contributed by atoms with Gasteiger partial charge in [0.1, 0.15) is 4.90 Å². The van der Waals surface area contributed by atoms with Crippen molar-refractivity contribution < 1.29 is 13.2 Å². The van der Waals surface area contributed by atoms with Crippen LogP contribution in [0.3, 0.4) is 0 Å². The largest absolute Gasteiger partial charge is 0.304 e. The third-order valence-electron chi connectivity index (χ3n) is 5.25. The number of nitrogens with zero attached hydrogens (tertiary/aromatic N) is 3. The first-order chi connectivity index (χ1) is 13.9. The molecule has 1 saturated heterocycles. The molecule has 6 nitrogen and oxygen atoms in total. The van der Waals surface area contributed by atoms with Gasteiger partial charge in [0, 0.05) is 47.5 Å². The zero-order valence-electron chi connectivity index (χ0n) is 16.0. The average Bonchev–Trinajstić information content (AvgIpc) is 2.69. The summed E-state index contributed by atoms with van der Waals surface area (Å²) in [6.07, 6.45) is 0. The average molecular weight is 452 g/mol. The molecule has 0 unspecified atom stereocenters. The van der Waals surface area contributed by atoms with Gasteiger partial charge in [-0.2, -0.15) is 0 Å². The molecule has 29 heavy (non-hydrogen) atoms. The van der Waals surface area contributed by atoms with Gasteiger partial charge in [0.25, 0.3) is 15.9 Å². The highest BCUT2D eigenvalue weighted by atomic mass is 35.5. The topological polar surface area (TPSA) is 60.9 Å². The second kappa shape index (κ2) is 8.28. The lowest BCUT2D eigenvalue weighted by atomic mass is 10.2. The number of benzene rings is 2. The smallest absolute Gasteiger partial charge is 0.268 e. The molecule has 0 atom stereocenters. The van der Waals surface area contributed by atoms with Gasteiger partial charge in [0.05, 0.1) is 12.1 Å². The maximum Gasteiger partial charge on any atom is 0.268 e. The minimum atomic E-state index is -4.00. The molecule has 0 aliphatic carbocycles. The second-order valence-corrected chi connectivity index (χ2v) is 10.6. The van der Waals surface area contributed by atoms with Crippen molar-refractivity contribution in [3.05, 3.63) is 53.1 Å². The van der Waals surface area contributed by atoms with E-state index in [4.69, 9.17) is 11.6 Å². The van der Waals surface area contributed by atoms with Gasteiger partial charge in [-0.3, -0.25) is 9.69 Å². The number of carbonyl (C=O) groups excluding carboxylic acids is 1. The molecule has 0 saturated carbocycles. The Morgan fingerprint density at radius 1 is 1.00 bits per heavy atom. The van der Waals surface area contributed by atoms with Crippen molar-refractivity contribution in [2.24, 2.45) is 0 Å². The molecule has 154 valence electrons. The van der Waals surface area contributed by atoms with Crippen LogP contribution in [0.5, 0.6) is 0 Å². The maximum absolute atomic E-state index is 13.5. The van der Waals surface area contributed by atoms with E-state index in [2.05, 4.69) is 16.8 Å². The SMILES string of the molecule is CN1CCN(CCN2C(=O)c3ccccc3Sc3cc(Cl)ccc3S2(=O)=O)CC1. The lowest BCUT2D eigenvalue weighted by Crippen LogP contribution is -2.48. The van der Waals surface area contributed by atoms with Crippen LogP contribution in [0, 0.1) is 0 Å². The first-order valence-electron chi connectivity index (χ1n) is 9.40. The Morgan fingerprint density at radius 2 is 1.72 bits per heavy atom. The quantitative estimate of drug-likeness (QED) is 0.715. The minimum absolute atomic E-state index is 0.117. The van der Waals surface area contributed by atoms with Gasteiger partial charge in [-0.1, -0.05) is 35.5 Å². The molecule has 0 aromatic heterocycles. The summed E-state index contributed by atoms with van der Waals surface area (Å²) in [5.41, 5.74) is 0.394. The summed E-state index contributed by atoms with van der Waals surface area (Å²) in [5.74, 6) is -0.483. The summed E-state index contributed by atoms with van der Waals surface area (Å²) in [7, 11) is -1.93. The lowest BCUT2D eigenvalue weighted by Gasteiger charge is -2.34. The van der Waals surface area contributed by atoms with E-state index < -0.39 is 15.9 Å². The van der Waals surface area contributed by atoms with Gasteiger partial charge in [-0.25, -0.2) is 12.7 Å². The Morgan fingerprint density at radius 3 is 2.48 bits per heavy atom. The molecule has 9 heteroatoms. The van der Waals surface area contributed by atoms with E-state index in [-0.39, 0.29) is 11.4 Å². The third-order valence-corrected chi connectivity index (χ3v) is 8.59. The summed E-state index contributed by atoms with van der Waals surface area (Å²) in [6, 6.07) is 11.8. The summed E-state index contributed by atoms with van der Waals surface area (Å²) < 4.78 is 27.9. The van der Waals surface area contributed by atoms with E-state index in [1.165, 1.54) is 17.8 Å². The van der Waals surface area contributed by atoms with Crippen LogP contribution in [-0.2, 0) is 10.0 Å². The fraction of sp³-hybridized carbons (Fsp3) is 0.350. The molecule has 2 aliphatic heterocycles. The number of carbonyl (C=O) groups is 1. The number of sulfonamides is 1. The van der Waals surface area contributed by atoms with Crippen molar-refractivity contribution in [1.82, 2.24) is 14.1 Å². The van der Waals surface area contributed by atoms with Crippen molar-refractivity contribution in [1.29, 1.82) is 0 Å². The van der Waals surface area contributed by atoms with Crippen LogP contribution in [0.4, 0.5) is 0 Å². The fourth-order valence-electron chi connectivity index (χ4n) is 3.51. The summed E-state index contributed by atoms with van der Waals surface area (Å²) in [6.45, 7) is 4.21. The van der Waals surface area contributed by atoms with Gasteiger partial charge in [0.15, 0.2) is 0 Å². The Bertz CT molecular complexity index is 1040. The molecule has 2 aliphatic rings. The molecule has 2 aromatic rings. The molecule has 2 heterocycles. The van der Waals surface area contributed by atoms with Crippen LogP contribution in [-0.4, -0.2) is 74.7 Å². The normalized spacial score (nSPS) is 19.9.